The third-order valence-electron chi connectivity index (χ3n) is 1.41. The minimum absolute atomic E-state index is 1.02. The quantitative estimate of drug-likeness (QED) is 0.389. The molecular weight excluding hydrogens is 120 g/mol. The number of rotatable bonds is 6. The molecule has 0 spiro atoms. The van der Waals surface area contributed by atoms with Gasteiger partial charge in [0.05, 0.1) is 0 Å². The van der Waals surface area contributed by atoms with Crippen molar-refractivity contribution < 1.29 is 0 Å². The highest BCUT2D eigenvalue weighted by Crippen LogP contribution is 2.00. The van der Waals surface area contributed by atoms with E-state index in [-0.39, 0.29) is 0 Å². The molecule has 0 N–H and O–H groups in total. The number of unbranched alkanes of at least 4 members (excludes halogenated alkanes) is 4. The number of allylic oxidation sites excluding steroid dienone is 2. The van der Waals surface area contributed by atoms with Crippen molar-refractivity contribution in [2.45, 2.75) is 38.5 Å². The molecule has 0 saturated heterocycles. The van der Waals surface area contributed by atoms with Gasteiger partial charge in [-0.05, 0) is 25.7 Å². The fourth-order valence-electron chi connectivity index (χ4n) is 0.793. The van der Waals surface area contributed by atoms with E-state index in [1.54, 1.807) is 0 Å². The maximum atomic E-state index is 3.79. The van der Waals surface area contributed by atoms with Gasteiger partial charge in [-0.15, -0.1) is 0 Å². The monoisotopic (exact) mass is 138 g/mol. The molecule has 0 aliphatic heterocycles. The molecule has 0 unspecified atom stereocenters. The van der Waals surface area contributed by atoms with E-state index in [9.17, 15) is 0 Å². The second-order valence-electron chi connectivity index (χ2n) is 2.46. The molecule has 0 fully saturated rings. The first-order chi connectivity index (χ1) is 4.91. The van der Waals surface area contributed by atoms with Crippen LogP contribution in [0.4, 0.5) is 0 Å². The van der Waals surface area contributed by atoms with Crippen LogP contribution in [-0.4, -0.2) is 0 Å². The second kappa shape index (κ2) is 8.74. The summed E-state index contributed by atoms with van der Waals surface area (Å²) >= 11 is 0. The molecule has 10 heavy (non-hydrogen) atoms. The van der Waals surface area contributed by atoms with E-state index < -0.39 is 0 Å². The van der Waals surface area contributed by atoms with Crippen LogP contribution in [0.15, 0.2) is 12.2 Å². The molecule has 0 aromatic carbocycles. The lowest BCUT2D eigenvalue weighted by molar-refractivity contribution is 0.759. The SMILES string of the molecule is [CH2]CCC=CCCCC[CH2]. The van der Waals surface area contributed by atoms with Crippen molar-refractivity contribution in [3.8, 4) is 0 Å². The fraction of sp³-hybridized carbons (Fsp3) is 0.600. The van der Waals surface area contributed by atoms with E-state index in [1.807, 2.05) is 0 Å². The second-order valence-corrected chi connectivity index (χ2v) is 2.46. The van der Waals surface area contributed by atoms with E-state index in [1.165, 1.54) is 19.3 Å². The van der Waals surface area contributed by atoms with Crippen LogP contribution >= 0.6 is 0 Å². The van der Waals surface area contributed by atoms with Gasteiger partial charge in [0, 0.05) is 0 Å². The van der Waals surface area contributed by atoms with Crippen molar-refractivity contribution in [3.05, 3.63) is 26.0 Å². The molecule has 0 aliphatic carbocycles. The molecular formula is C10H18. The van der Waals surface area contributed by atoms with Gasteiger partial charge in [-0.25, -0.2) is 0 Å². The molecule has 0 saturated carbocycles. The van der Waals surface area contributed by atoms with Crippen molar-refractivity contribution in [1.29, 1.82) is 0 Å². The summed E-state index contributed by atoms with van der Waals surface area (Å²) in [5.41, 5.74) is 0. The van der Waals surface area contributed by atoms with Crippen LogP contribution in [0.2, 0.25) is 0 Å². The van der Waals surface area contributed by atoms with E-state index in [2.05, 4.69) is 26.0 Å². The Bertz CT molecular complexity index is 72.1. The van der Waals surface area contributed by atoms with Crippen molar-refractivity contribution >= 4 is 0 Å². The molecule has 0 aromatic heterocycles. The van der Waals surface area contributed by atoms with Crippen molar-refractivity contribution in [2.24, 2.45) is 0 Å². The lowest BCUT2D eigenvalue weighted by atomic mass is 10.2. The zero-order chi connectivity index (χ0) is 7.66. The van der Waals surface area contributed by atoms with Crippen LogP contribution in [-0.2, 0) is 0 Å². The highest BCUT2D eigenvalue weighted by Gasteiger charge is 1.80. The fourth-order valence-corrected chi connectivity index (χ4v) is 0.793. The lowest BCUT2D eigenvalue weighted by Crippen LogP contribution is -1.70. The van der Waals surface area contributed by atoms with Gasteiger partial charge in [0.2, 0.25) is 0 Å². The first-order valence-corrected chi connectivity index (χ1v) is 4.15. The standard InChI is InChI=1S/C10H18/c1-3-5-7-9-10-8-6-4-2/h7,9H,1-6,8,10H2. The largest absolute Gasteiger partial charge is 0.0885 e. The lowest BCUT2D eigenvalue weighted by Gasteiger charge is -1.90. The van der Waals surface area contributed by atoms with Gasteiger partial charge in [0.25, 0.3) is 0 Å². The van der Waals surface area contributed by atoms with Crippen molar-refractivity contribution in [1.82, 2.24) is 0 Å². The average molecular weight is 138 g/mol. The molecule has 0 aromatic rings. The Hall–Kier alpha value is -0.260. The minimum Gasteiger partial charge on any atom is -0.0885 e. The molecule has 0 heterocycles. The van der Waals surface area contributed by atoms with Gasteiger partial charge >= 0.3 is 0 Å². The van der Waals surface area contributed by atoms with E-state index in [0.717, 1.165) is 19.3 Å². The van der Waals surface area contributed by atoms with Crippen LogP contribution in [0.1, 0.15) is 38.5 Å². The van der Waals surface area contributed by atoms with E-state index in [4.69, 9.17) is 0 Å². The Kier molecular flexibility index (Phi) is 8.51. The Morgan fingerprint density at radius 3 is 2.10 bits per heavy atom. The summed E-state index contributed by atoms with van der Waals surface area (Å²) in [6, 6.07) is 0. The molecule has 0 rings (SSSR count). The van der Waals surface area contributed by atoms with Crippen LogP contribution in [0.25, 0.3) is 0 Å². The zero-order valence-electron chi connectivity index (χ0n) is 6.81. The van der Waals surface area contributed by atoms with Crippen LogP contribution in [0, 0.1) is 13.8 Å². The van der Waals surface area contributed by atoms with Crippen molar-refractivity contribution in [3.63, 3.8) is 0 Å². The van der Waals surface area contributed by atoms with Gasteiger partial charge < -0.3 is 0 Å². The molecule has 0 heteroatoms. The third kappa shape index (κ3) is 7.74. The number of hydrogen-bond donors (Lipinski definition) is 0. The summed E-state index contributed by atoms with van der Waals surface area (Å²) in [6.45, 7) is 7.54. The topological polar surface area (TPSA) is 0 Å². The van der Waals surface area contributed by atoms with Gasteiger partial charge in [-0.1, -0.05) is 38.8 Å². The zero-order valence-corrected chi connectivity index (χ0v) is 6.81. The molecule has 58 valence electrons. The summed E-state index contributed by atoms with van der Waals surface area (Å²) < 4.78 is 0. The van der Waals surface area contributed by atoms with E-state index >= 15 is 0 Å². The van der Waals surface area contributed by atoms with Crippen LogP contribution in [0.3, 0.4) is 0 Å². The smallest absolute Gasteiger partial charge is 0.0351 e. The molecule has 0 amide bonds. The first kappa shape index (κ1) is 9.74. The summed E-state index contributed by atoms with van der Waals surface area (Å²) in [5.74, 6) is 0. The molecule has 2 radical (unpaired) electrons. The predicted molar refractivity (Wildman–Crippen MR) is 47.6 cm³/mol. The Labute approximate surface area is 65.3 Å². The minimum atomic E-state index is 1.02. The maximum Gasteiger partial charge on any atom is -0.0351 e. The normalized spacial score (nSPS) is 11.0. The first-order valence-electron chi connectivity index (χ1n) is 4.15. The van der Waals surface area contributed by atoms with Gasteiger partial charge in [-0.2, -0.15) is 0 Å². The summed E-state index contributed by atoms with van der Waals surface area (Å²) in [5, 5.41) is 0. The highest BCUT2D eigenvalue weighted by molar-refractivity contribution is 4.81. The van der Waals surface area contributed by atoms with Crippen LogP contribution < -0.4 is 0 Å². The van der Waals surface area contributed by atoms with Gasteiger partial charge in [-0.3, -0.25) is 0 Å². The van der Waals surface area contributed by atoms with Gasteiger partial charge in [0.15, 0.2) is 0 Å². The Morgan fingerprint density at radius 1 is 0.800 bits per heavy atom. The Morgan fingerprint density at radius 2 is 1.50 bits per heavy atom. The predicted octanol–water partition coefficient (Wildman–Crippen LogP) is 3.55. The summed E-state index contributed by atoms with van der Waals surface area (Å²) in [6.07, 6.45) is 11.5. The highest BCUT2D eigenvalue weighted by atomic mass is 13.9. The Balaban J connectivity index is 2.88. The van der Waals surface area contributed by atoms with Gasteiger partial charge in [0.1, 0.15) is 0 Å². The molecule has 0 atom stereocenters. The number of hydrogen-bond acceptors (Lipinski definition) is 0. The molecule has 0 bridgehead atoms. The maximum absolute atomic E-state index is 3.79. The van der Waals surface area contributed by atoms with Crippen molar-refractivity contribution in [2.75, 3.05) is 0 Å². The van der Waals surface area contributed by atoms with Crippen LogP contribution in [0.5, 0.6) is 0 Å². The molecule has 0 nitrogen and oxygen atoms in total. The summed E-state index contributed by atoms with van der Waals surface area (Å²) in [4.78, 5) is 0. The average Bonchev–Trinajstić information content (AvgIpc) is 1.97. The summed E-state index contributed by atoms with van der Waals surface area (Å²) in [7, 11) is 0. The molecule has 0 aliphatic rings. The van der Waals surface area contributed by atoms with E-state index in [0.29, 0.717) is 0 Å². The third-order valence-corrected chi connectivity index (χ3v) is 1.41.